The van der Waals surface area contributed by atoms with Crippen LogP contribution in [-0.2, 0) is 12.7 Å². The van der Waals surface area contributed by atoms with Crippen LogP contribution in [-0.4, -0.2) is 9.55 Å². The van der Waals surface area contributed by atoms with Gasteiger partial charge in [0.1, 0.15) is 5.69 Å². The zero-order valence-corrected chi connectivity index (χ0v) is 9.36. The van der Waals surface area contributed by atoms with Gasteiger partial charge in [-0.05, 0) is 18.6 Å². The minimum Gasteiger partial charge on any atom is -0.439 e. The normalized spacial score (nSPS) is 11.8. The molecule has 0 N–H and O–H groups in total. The Morgan fingerprint density at radius 3 is 2.78 bits per heavy atom. The third-order valence-corrected chi connectivity index (χ3v) is 2.37. The summed E-state index contributed by atoms with van der Waals surface area (Å²) in [5.74, 6) is -1.17. The smallest absolute Gasteiger partial charge is 0.439 e. The molecule has 4 nitrogen and oxygen atoms in total. The monoisotopic (exact) mass is 258 g/mol. The first-order chi connectivity index (χ1) is 8.38. The summed E-state index contributed by atoms with van der Waals surface area (Å²) in [6, 6.07) is 2.97. The minimum atomic E-state index is -4.61. The number of pyridine rings is 1. The molecule has 0 spiro atoms. The third kappa shape index (κ3) is 2.44. The number of oxazole rings is 1. The lowest BCUT2D eigenvalue weighted by Crippen LogP contribution is -2.21. The molecule has 7 heteroatoms. The van der Waals surface area contributed by atoms with Gasteiger partial charge in [-0.25, -0.2) is 4.98 Å². The van der Waals surface area contributed by atoms with Crippen molar-refractivity contribution in [1.29, 1.82) is 0 Å². The Labute approximate surface area is 99.7 Å². The molecular weight excluding hydrogens is 249 g/mol. The maximum atomic E-state index is 12.5. The Kier molecular flexibility index (Phi) is 2.98. The number of rotatable bonds is 2. The molecule has 0 atom stereocenters. The fraction of sp³-hybridized carbons (Fsp3) is 0.273. The molecule has 2 aromatic heterocycles. The third-order valence-electron chi connectivity index (χ3n) is 2.37. The van der Waals surface area contributed by atoms with Crippen LogP contribution in [0.15, 0.2) is 33.9 Å². The highest BCUT2D eigenvalue weighted by molar-refractivity contribution is 5.14. The summed E-state index contributed by atoms with van der Waals surface area (Å²) in [4.78, 5) is 15.0. The van der Waals surface area contributed by atoms with Crippen molar-refractivity contribution in [3.05, 3.63) is 52.1 Å². The van der Waals surface area contributed by atoms with E-state index in [1.54, 1.807) is 13.0 Å². The van der Waals surface area contributed by atoms with Crippen molar-refractivity contribution in [3.8, 4) is 0 Å². The second kappa shape index (κ2) is 4.32. The number of aryl methyl sites for hydroxylation is 1. The van der Waals surface area contributed by atoms with E-state index in [1.807, 2.05) is 0 Å². The second-order valence-corrected chi connectivity index (χ2v) is 3.80. The van der Waals surface area contributed by atoms with Crippen LogP contribution in [0.2, 0.25) is 0 Å². The summed E-state index contributed by atoms with van der Waals surface area (Å²) in [5.41, 5.74) is 0.0482. The molecule has 0 radical (unpaired) electrons. The van der Waals surface area contributed by atoms with Crippen molar-refractivity contribution >= 4 is 0 Å². The zero-order chi connectivity index (χ0) is 13.3. The Hall–Kier alpha value is -2.05. The predicted molar refractivity (Wildman–Crippen MR) is 56.0 cm³/mol. The van der Waals surface area contributed by atoms with Crippen LogP contribution in [0.4, 0.5) is 13.2 Å². The summed E-state index contributed by atoms with van der Waals surface area (Å²) >= 11 is 0. The van der Waals surface area contributed by atoms with E-state index in [0.29, 0.717) is 0 Å². The van der Waals surface area contributed by atoms with Gasteiger partial charge in [-0.2, -0.15) is 13.2 Å². The van der Waals surface area contributed by atoms with Gasteiger partial charge in [0.05, 0.1) is 6.54 Å². The summed E-state index contributed by atoms with van der Waals surface area (Å²) in [7, 11) is 0. The van der Waals surface area contributed by atoms with Crippen LogP contribution >= 0.6 is 0 Å². The average molecular weight is 258 g/mol. The van der Waals surface area contributed by atoms with Crippen molar-refractivity contribution in [2.75, 3.05) is 0 Å². The summed E-state index contributed by atoms with van der Waals surface area (Å²) in [6.07, 6.45) is -2.47. The van der Waals surface area contributed by atoms with E-state index < -0.39 is 11.9 Å². The molecule has 0 saturated carbocycles. The first-order valence-electron chi connectivity index (χ1n) is 5.04. The van der Waals surface area contributed by atoms with Gasteiger partial charge < -0.3 is 8.98 Å². The standard InChI is InChI=1S/C11H9F3N2O2/c1-7-2-3-16(9(17)4-7)5-8-10(11(12,13)14)18-6-15-8/h2-4,6H,5H2,1H3. The number of hydrogen-bond acceptors (Lipinski definition) is 3. The van der Waals surface area contributed by atoms with Gasteiger partial charge in [0.25, 0.3) is 5.56 Å². The average Bonchev–Trinajstić information content (AvgIpc) is 2.70. The van der Waals surface area contributed by atoms with E-state index in [4.69, 9.17) is 0 Å². The molecule has 0 bridgehead atoms. The fourth-order valence-electron chi connectivity index (χ4n) is 1.51. The Morgan fingerprint density at radius 1 is 1.44 bits per heavy atom. The molecule has 0 aliphatic carbocycles. The van der Waals surface area contributed by atoms with Crippen molar-refractivity contribution in [1.82, 2.24) is 9.55 Å². The van der Waals surface area contributed by atoms with E-state index in [-0.39, 0.29) is 17.8 Å². The Bertz CT molecular complexity index is 613. The molecule has 0 aliphatic heterocycles. The highest BCUT2D eigenvalue weighted by Gasteiger charge is 2.38. The van der Waals surface area contributed by atoms with E-state index in [0.717, 1.165) is 16.5 Å². The predicted octanol–water partition coefficient (Wildman–Crippen LogP) is 2.21. The van der Waals surface area contributed by atoms with Crippen LogP contribution in [0.3, 0.4) is 0 Å². The van der Waals surface area contributed by atoms with Crippen LogP contribution in [0.1, 0.15) is 17.0 Å². The molecule has 0 saturated heterocycles. The van der Waals surface area contributed by atoms with Crippen molar-refractivity contribution in [3.63, 3.8) is 0 Å². The Balaban J connectivity index is 2.35. The largest absolute Gasteiger partial charge is 0.451 e. The van der Waals surface area contributed by atoms with Crippen molar-refractivity contribution < 1.29 is 17.6 Å². The van der Waals surface area contributed by atoms with Gasteiger partial charge in [0.2, 0.25) is 5.76 Å². The molecule has 96 valence electrons. The molecule has 0 unspecified atom stereocenters. The molecule has 0 aliphatic rings. The van der Waals surface area contributed by atoms with Gasteiger partial charge in [0.15, 0.2) is 6.39 Å². The van der Waals surface area contributed by atoms with E-state index >= 15 is 0 Å². The van der Waals surface area contributed by atoms with Crippen LogP contribution in [0.5, 0.6) is 0 Å². The lowest BCUT2D eigenvalue weighted by molar-refractivity contribution is -0.153. The van der Waals surface area contributed by atoms with Gasteiger partial charge in [0, 0.05) is 12.3 Å². The van der Waals surface area contributed by atoms with Crippen molar-refractivity contribution in [2.45, 2.75) is 19.6 Å². The summed E-state index contributed by atoms with van der Waals surface area (Å²) in [6.45, 7) is 1.45. The Morgan fingerprint density at radius 2 is 2.17 bits per heavy atom. The van der Waals surface area contributed by atoms with E-state index in [1.165, 1.54) is 12.3 Å². The van der Waals surface area contributed by atoms with Gasteiger partial charge in [-0.1, -0.05) is 0 Å². The maximum Gasteiger partial charge on any atom is 0.451 e. The van der Waals surface area contributed by atoms with E-state index in [2.05, 4.69) is 9.40 Å². The zero-order valence-electron chi connectivity index (χ0n) is 9.36. The molecule has 0 amide bonds. The summed E-state index contributed by atoms with van der Waals surface area (Å²) in [5, 5.41) is 0. The number of nitrogens with zero attached hydrogens (tertiary/aromatic N) is 2. The number of aromatic nitrogens is 2. The molecular formula is C11H9F3N2O2. The van der Waals surface area contributed by atoms with Gasteiger partial charge in [-0.3, -0.25) is 4.79 Å². The minimum absolute atomic E-state index is 0.273. The molecule has 2 aromatic rings. The SMILES string of the molecule is Cc1ccn(Cc2ncoc2C(F)(F)F)c(=O)c1. The lowest BCUT2D eigenvalue weighted by Gasteiger charge is -2.07. The van der Waals surface area contributed by atoms with E-state index in [9.17, 15) is 18.0 Å². The molecule has 0 fully saturated rings. The van der Waals surface area contributed by atoms with Crippen LogP contribution in [0.25, 0.3) is 0 Å². The number of hydrogen-bond donors (Lipinski definition) is 0. The van der Waals surface area contributed by atoms with Gasteiger partial charge in [-0.15, -0.1) is 0 Å². The quantitative estimate of drug-likeness (QED) is 0.829. The second-order valence-electron chi connectivity index (χ2n) is 3.80. The van der Waals surface area contributed by atoms with Gasteiger partial charge >= 0.3 is 6.18 Å². The van der Waals surface area contributed by atoms with Crippen LogP contribution in [0, 0.1) is 6.92 Å². The van der Waals surface area contributed by atoms with Crippen LogP contribution < -0.4 is 5.56 Å². The number of alkyl halides is 3. The molecule has 2 rings (SSSR count). The topological polar surface area (TPSA) is 48.0 Å². The number of halogens is 3. The fourth-order valence-corrected chi connectivity index (χ4v) is 1.51. The van der Waals surface area contributed by atoms with Crippen molar-refractivity contribution in [2.24, 2.45) is 0 Å². The maximum absolute atomic E-state index is 12.5. The first-order valence-corrected chi connectivity index (χ1v) is 5.04. The first kappa shape index (κ1) is 12.4. The highest BCUT2D eigenvalue weighted by Crippen LogP contribution is 2.31. The molecule has 0 aromatic carbocycles. The highest BCUT2D eigenvalue weighted by atomic mass is 19.4. The molecule has 18 heavy (non-hydrogen) atoms. The molecule has 2 heterocycles. The summed E-state index contributed by atoms with van der Waals surface area (Å²) < 4.78 is 43.0. The lowest BCUT2D eigenvalue weighted by atomic mass is 10.3.